The molecule has 1 atom stereocenters. The van der Waals surface area contributed by atoms with Gasteiger partial charge in [0, 0.05) is 10.7 Å². The normalized spacial score (nSPS) is 12.0. The Morgan fingerprint density at radius 1 is 1.24 bits per heavy atom. The number of rotatable bonds is 5. The van der Waals surface area contributed by atoms with Gasteiger partial charge in [-0.3, -0.25) is 9.89 Å². The fourth-order valence-corrected chi connectivity index (χ4v) is 2.91. The van der Waals surface area contributed by atoms with E-state index in [2.05, 4.69) is 20.5 Å². The summed E-state index contributed by atoms with van der Waals surface area (Å²) in [7, 11) is 0. The summed E-state index contributed by atoms with van der Waals surface area (Å²) in [5.41, 5.74) is 0.990. The Bertz CT molecular complexity index is 884. The number of H-pyrrole nitrogens is 1. The molecule has 2 N–H and O–H groups in total. The van der Waals surface area contributed by atoms with Crippen molar-refractivity contribution >= 4 is 35.0 Å². The zero-order chi connectivity index (χ0) is 17.8. The molecular formula is C17H14ClFN4OS. The highest BCUT2D eigenvalue weighted by Gasteiger charge is 2.18. The fourth-order valence-electron chi connectivity index (χ4n) is 2.06. The van der Waals surface area contributed by atoms with Crippen LogP contribution in [0, 0.1) is 5.82 Å². The van der Waals surface area contributed by atoms with E-state index in [-0.39, 0.29) is 11.7 Å². The van der Waals surface area contributed by atoms with Gasteiger partial charge in [0.1, 0.15) is 5.82 Å². The first-order valence-electron chi connectivity index (χ1n) is 7.43. The van der Waals surface area contributed by atoms with Gasteiger partial charge in [-0.2, -0.15) is 0 Å². The lowest BCUT2D eigenvalue weighted by Gasteiger charge is -2.10. The Hall–Kier alpha value is -2.38. The SMILES string of the molecule is CC(Sc1n[nH]c(-c2ccccc2F)n1)C(=O)Nc1ccc(Cl)cc1. The molecule has 0 fully saturated rings. The number of carbonyl (C=O) groups excluding carboxylic acids is 1. The highest BCUT2D eigenvalue weighted by Crippen LogP contribution is 2.25. The number of nitrogens with one attached hydrogen (secondary N) is 2. The molecule has 128 valence electrons. The van der Waals surface area contributed by atoms with E-state index in [4.69, 9.17) is 11.6 Å². The number of hydrogen-bond acceptors (Lipinski definition) is 4. The van der Waals surface area contributed by atoms with Crippen LogP contribution >= 0.6 is 23.4 Å². The van der Waals surface area contributed by atoms with Crippen molar-refractivity contribution in [2.24, 2.45) is 0 Å². The molecule has 1 heterocycles. The number of anilines is 1. The second-order valence-corrected chi connectivity index (χ2v) is 6.95. The molecule has 8 heteroatoms. The molecule has 25 heavy (non-hydrogen) atoms. The minimum Gasteiger partial charge on any atom is -0.325 e. The molecule has 0 bridgehead atoms. The summed E-state index contributed by atoms with van der Waals surface area (Å²) < 4.78 is 13.8. The summed E-state index contributed by atoms with van der Waals surface area (Å²) in [6, 6.07) is 13.1. The third-order valence-electron chi connectivity index (χ3n) is 3.36. The van der Waals surface area contributed by atoms with Crippen LogP contribution in [0.4, 0.5) is 10.1 Å². The molecule has 3 rings (SSSR count). The predicted molar refractivity (Wildman–Crippen MR) is 97.2 cm³/mol. The van der Waals surface area contributed by atoms with Crippen molar-refractivity contribution in [1.29, 1.82) is 0 Å². The summed E-state index contributed by atoms with van der Waals surface area (Å²) in [5.74, 6) is -0.251. The van der Waals surface area contributed by atoms with Gasteiger partial charge in [-0.25, -0.2) is 9.37 Å². The lowest BCUT2D eigenvalue weighted by Crippen LogP contribution is -2.22. The largest absolute Gasteiger partial charge is 0.325 e. The first kappa shape index (κ1) is 17.4. The highest BCUT2D eigenvalue weighted by molar-refractivity contribution is 8.00. The third-order valence-corrected chi connectivity index (χ3v) is 4.57. The average molecular weight is 377 g/mol. The van der Waals surface area contributed by atoms with Crippen molar-refractivity contribution in [3.05, 3.63) is 59.4 Å². The van der Waals surface area contributed by atoms with Crippen molar-refractivity contribution in [2.75, 3.05) is 5.32 Å². The number of amides is 1. The van der Waals surface area contributed by atoms with Gasteiger partial charge in [-0.05, 0) is 43.3 Å². The maximum Gasteiger partial charge on any atom is 0.237 e. The summed E-state index contributed by atoms with van der Waals surface area (Å²) in [6.45, 7) is 1.75. The van der Waals surface area contributed by atoms with Gasteiger partial charge >= 0.3 is 0 Å². The van der Waals surface area contributed by atoms with Crippen molar-refractivity contribution in [2.45, 2.75) is 17.3 Å². The molecule has 3 aromatic rings. The van der Waals surface area contributed by atoms with Crippen molar-refractivity contribution in [3.63, 3.8) is 0 Å². The van der Waals surface area contributed by atoms with Crippen LogP contribution in [0.15, 0.2) is 53.7 Å². The molecule has 1 unspecified atom stereocenters. The Morgan fingerprint density at radius 2 is 1.96 bits per heavy atom. The maximum atomic E-state index is 13.8. The minimum atomic E-state index is -0.431. The van der Waals surface area contributed by atoms with E-state index in [0.717, 1.165) is 0 Å². The monoisotopic (exact) mass is 376 g/mol. The van der Waals surface area contributed by atoms with Crippen molar-refractivity contribution in [3.8, 4) is 11.4 Å². The van der Waals surface area contributed by atoms with Crippen LogP contribution in [-0.4, -0.2) is 26.3 Å². The molecule has 2 aromatic carbocycles. The Balaban J connectivity index is 1.65. The van der Waals surface area contributed by atoms with Crippen LogP contribution in [0.25, 0.3) is 11.4 Å². The molecule has 1 amide bonds. The van der Waals surface area contributed by atoms with E-state index >= 15 is 0 Å². The summed E-state index contributed by atoms with van der Waals surface area (Å²) >= 11 is 7.00. The van der Waals surface area contributed by atoms with Crippen LogP contribution in [0.3, 0.4) is 0 Å². The molecule has 1 aromatic heterocycles. The zero-order valence-corrected chi connectivity index (χ0v) is 14.7. The highest BCUT2D eigenvalue weighted by atomic mass is 35.5. The van der Waals surface area contributed by atoms with Gasteiger partial charge < -0.3 is 5.32 Å². The lowest BCUT2D eigenvalue weighted by atomic mass is 10.2. The molecular weight excluding hydrogens is 363 g/mol. The molecule has 0 spiro atoms. The second-order valence-electron chi connectivity index (χ2n) is 5.20. The summed E-state index contributed by atoms with van der Waals surface area (Å²) in [4.78, 5) is 16.5. The molecule has 5 nitrogen and oxygen atoms in total. The molecule has 0 aliphatic rings. The first-order chi connectivity index (χ1) is 12.0. The first-order valence-corrected chi connectivity index (χ1v) is 8.69. The van der Waals surface area contributed by atoms with Crippen molar-refractivity contribution < 1.29 is 9.18 Å². The average Bonchev–Trinajstić information content (AvgIpc) is 3.05. The Labute approximate surface area is 153 Å². The van der Waals surface area contributed by atoms with Gasteiger partial charge in [-0.1, -0.05) is 35.5 Å². The van der Waals surface area contributed by atoms with Gasteiger partial charge in [0.25, 0.3) is 0 Å². The topological polar surface area (TPSA) is 70.7 Å². The molecule has 0 saturated carbocycles. The number of aromatic nitrogens is 3. The van der Waals surface area contributed by atoms with E-state index in [0.29, 0.717) is 27.3 Å². The number of hydrogen-bond donors (Lipinski definition) is 2. The number of aromatic amines is 1. The third kappa shape index (κ3) is 4.37. The number of thioether (sulfide) groups is 1. The van der Waals surface area contributed by atoms with Gasteiger partial charge in [-0.15, -0.1) is 5.10 Å². The van der Waals surface area contributed by atoms with Crippen LogP contribution < -0.4 is 5.32 Å². The van der Waals surface area contributed by atoms with E-state index in [9.17, 15) is 9.18 Å². The molecule has 0 aliphatic heterocycles. The van der Waals surface area contributed by atoms with Gasteiger partial charge in [0.15, 0.2) is 5.82 Å². The Morgan fingerprint density at radius 3 is 2.68 bits per heavy atom. The zero-order valence-electron chi connectivity index (χ0n) is 13.2. The summed E-state index contributed by atoms with van der Waals surface area (Å²) in [6.07, 6.45) is 0. The Kier molecular flexibility index (Phi) is 5.35. The predicted octanol–water partition coefficient (Wildman–Crippen LogP) is 4.38. The molecule has 0 radical (unpaired) electrons. The van der Waals surface area contributed by atoms with Crippen molar-refractivity contribution in [1.82, 2.24) is 15.2 Å². The van der Waals surface area contributed by atoms with Gasteiger partial charge in [0.2, 0.25) is 11.1 Å². The van der Waals surface area contributed by atoms with E-state index in [1.807, 2.05) is 0 Å². The maximum absolute atomic E-state index is 13.8. The quantitative estimate of drug-likeness (QED) is 0.648. The number of benzene rings is 2. The second kappa shape index (κ2) is 7.67. The number of carbonyl (C=O) groups is 1. The van der Waals surface area contributed by atoms with Gasteiger partial charge in [0.05, 0.1) is 10.8 Å². The lowest BCUT2D eigenvalue weighted by molar-refractivity contribution is -0.115. The smallest absolute Gasteiger partial charge is 0.237 e. The molecule has 0 saturated heterocycles. The fraction of sp³-hybridized carbons (Fsp3) is 0.118. The minimum absolute atomic E-state index is 0.190. The van der Waals surface area contributed by atoms with Crippen LogP contribution in [0.1, 0.15) is 6.92 Å². The summed E-state index contributed by atoms with van der Waals surface area (Å²) in [5, 5.41) is 10.1. The van der Waals surface area contributed by atoms with Crippen LogP contribution in [0.2, 0.25) is 5.02 Å². The van der Waals surface area contributed by atoms with E-state index < -0.39 is 5.25 Å². The van der Waals surface area contributed by atoms with E-state index in [1.54, 1.807) is 49.4 Å². The standard InChI is InChI=1S/C17H14ClFN4OS/c1-10(16(24)20-12-8-6-11(18)7-9-12)25-17-21-15(22-23-17)13-4-2-3-5-14(13)19/h2-10H,1H3,(H,20,24)(H,21,22,23). The molecule has 0 aliphatic carbocycles. The van der Waals surface area contributed by atoms with Crippen LogP contribution in [-0.2, 0) is 4.79 Å². The van der Waals surface area contributed by atoms with E-state index in [1.165, 1.54) is 17.8 Å². The number of nitrogens with zero attached hydrogens (tertiary/aromatic N) is 2. The van der Waals surface area contributed by atoms with Crippen LogP contribution in [0.5, 0.6) is 0 Å². The number of halogens is 2.